The van der Waals surface area contributed by atoms with Crippen LogP contribution in [-0.4, -0.2) is 19.9 Å². The maximum absolute atomic E-state index is 5.24. The molecule has 51 heavy (non-hydrogen) atoms. The molecule has 0 bridgehead atoms. The molecule has 0 amide bonds. The van der Waals surface area contributed by atoms with E-state index in [-0.39, 0.29) is 0 Å². The van der Waals surface area contributed by atoms with Crippen molar-refractivity contribution < 1.29 is 0 Å². The van der Waals surface area contributed by atoms with Crippen molar-refractivity contribution in [1.82, 2.24) is 19.9 Å². The van der Waals surface area contributed by atoms with Gasteiger partial charge in [0.25, 0.3) is 0 Å². The molecule has 238 valence electrons. The number of benzene rings is 7. The van der Waals surface area contributed by atoms with Crippen LogP contribution in [0.25, 0.3) is 98.4 Å². The molecule has 0 fully saturated rings. The van der Waals surface area contributed by atoms with Gasteiger partial charge in [0.05, 0.1) is 11.2 Å². The van der Waals surface area contributed by atoms with Gasteiger partial charge in [-0.3, -0.25) is 0 Å². The second kappa shape index (κ2) is 12.1. The van der Waals surface area contributed by atoms with E-state index in [0.29, 0.717) is 17.5 Å². The Balaban J connectivity index is 1.23. The van der Waals surface area contributed by atoms with Gasteiger partial charge in [-0.1, -0.05) is 127 Å². The van der Waals surface area contributed by atoms with Gasteiger partial charge in [0.15, 0.2) is 17.5 Å². The number of hydrogen-bond acceptors (Lipinski definition) is 5. The van der Waals surface area contributed by atoms with Crippen LogP contribution in [0.4, 0.5) is 0 Å². The van der Waals surface area contributed by atoms with Crippen molar-refractivity contribution in [1.29, 1.82) is 0 Å². The molecule has 0 N–H and O–H groups in total. The van der Waals surface area contributed by atoms with Crippen LogP contribution in [0, 0.1) is 0 Å². The number of hydrogen-bond donors (Lipinski definition) is 0. The zero-order valence-electron chi connectivity index (χ0n) is 27.4. The third-order valence-corrected chi connectivity index (χ3v) is 10.7. The Kier molecular flexibility index (Phi) is 6.96. The lowest BCUT2D eigenvalue weighted by atomic mass is 9.96. The van der Waals surface area contributed by atoms with Gasteiger partial charge < -0.3 is 0 Å². The molecule has 0 radical (unpaired) electrons. The van der Waals surface area contributed by atoms with Crippen molar-refractivity contribution in [2.75, 3.05) is 0 Å². The van der Waals surface area contributed by atoms with Crippen LogP contribution in [0.15, 0.2) is 170 Å². The smallest absolute Gasteiger partial charge is 0.164 e. The Morgan fingerprint density at radius 3 is 1.69 bits per heavy atom. The molecule has 0 unspecified atom stereocenters. The van der Waals surface area contributed by atoms with Crippen molar-refractivity contribution in [2.45, 2.75) is 0 Å². The van der Waals surface area contributed by atoms with Gasteiger partial charge in [0.1, 0.15) is 0 Å². The number of pyridine rings is 1. The molecule has 0 spiro atoms. The van der Waals surface area contributed by atoms with Gasteiger partial charge in [-0.05, 0) is 64.4 Å². The van der Waals surface area contributed by atoms with Crippen molar-refractivity contribution in [3.05, 3.63) is 170 Å². The molecule has 0 aliphatic heterocycles. The summed E-state index contributed by atoms with van der Waals surface area (Å²) in [5.74, 6) is 1.88. The van der Waals surface area contributed by atoms with E-state index < -0.39 is 0 Å². The molecular weight excluding hydrogens is 641 g/mol. The van der Waals surface area contributed by atoms with Crippen LogP contribution in [0.3, 0.4) is 0 Å². The fraction of sp³-hybridized carbons (Fsp3) is 0. The van der Waals surface area contributed by atoms with Crippen molar-refractivity contribution in [3.63, 3.8) is 0 Å². The first-order chi connectivity index (χ1) is 25.2. The Labute approximate surface area is 298 Å². The number of rotatable bonds is 5. The molecule has 0 atom stereocenters. The van der Waals surface area contributed by atoms with Crippen molar-refractivity contribution in [3.8, 4) is 56.5 Å². The summed E-state index contributed by atoms with van der Waals surface area (Å²) in [5, 5.41) is 6.03. The van der Waals surface area contributed by atoms with E-state index in [1.54, 1.807) is 0 Å². The molecule has 7 aromatic carbocycles. The maximum Gasteiger partial charge on any atom is 0.164 e. The molecule has 0 saturated carbocycles. The minimum Gasteiger partial charge on any atom is -0.248 e. The maximum atomic E-state index is 5.24. The van der Waals surface area contributed by atoms with Crippen LogP contribution >= 0.6 is 11.3 Å². The molecule has 3 heterocycles. The van der Waals surface area contributed by atoms with E-state index in [9.17, 15) is 0 Å². The molecule has 4 nitrogen and oxygen atoms in total. The van der Waals surface area contributed by atoms with E-state index in [4.69, 9.17) is 19.9 Å². The van der Waals surface area contributed by atoms with Gasteiger partial charge in [-0.15, -0.1) is 11.3 Å². The van der Waals surface area contributed by atoms with Gasteiger partial charge in [-0.2, -0.15) is 0 Å². The Morgan fingerprint density at radius 1 is 0.353 bits per heavy atom. The Morgan fingerprint density at radius 2 is 0.941 bits per heavy atom. The molecule has 10 aromatic rings. The molecular formula is C46H28N4S. The van der Waals surface area contributed by atoms with E-state index >= 15 is 0 Å². The van der Waals surface area contributed by atoms with Crippen LogP contribution in [0.5, 0.6) is 0 Å². The predicted octanol–water partition coefficient (Wildman–Crippen LogP) is 12.3. The van der Waals surface area contributed by atoms with Crippen LogP contribution in [-0.2, 0) is 0 Å². The zero-order valence-corrected chi connectivity index (χ0v) is 28.2. The highest BCUT2D eigenvalue weighted by Crippen LogP contribution is 2.42. The van der Waals surface area contributed by atoms with Crippen LogP contribution < -0.4 is 0 Å². The molecule has 3 aromatic heterocycles. The first-order valence-electron chi connectivity index (χ1n) is 17.0. The normalized spacial score (nSPS) is 11.5. The topological polar surface area (TPSA) is 51.6 Å². The number of aromatic nitrogens is 4. The fourth-order valence-electron chi connectivity index (χ4n) is 6.94. The third-order valence-electron chi connectivity index (χ3n) is 9.46. The van der Waals surface area contributed by atoms with Gasteiger partial charge in [0, 0.05) is 47.8 Å². The van der Waals surface area contributed by atoms with E-state index in [1.807, 2.05) is 72.0 Å². The average Bonchev–Trinajstić information content (AvgIpc) is 3.59. The largest absolute Gasteiger partial charge is 0.248 e. The average molecular weight is 669 g/mol. The number of thiophene rings is 1. The Hall–Kier alpha value is -6.56. The number of fused-ring (bicyclic) bond motifs is 5. The summed E-state index contributed by atoms with van der Waals surface area (Å²) in [6.45, 7) is 0. The summed E-state index contributed by atoms with van der Waals surface area (Å²) in [7, 11) is 0. The molecule has 0 aliphatic carbocycles. The lowest BCUT2D eigenvalue weighted by Gasteiger charge is -2.13. The van der Waals surface area contributed by atoms with Gasteiger partial charge >= 0.3 is 0 Å². The summed E-state index contributed by atoms with van der Waals surface area (Å²) in [6, 6.07) is 59.3. The lowest BCUT2D eigenvalue weighted by Crippen LogP contribution is -2.00. The van der Waals surface area contributed by atoms with E-state index in [1.165, 1.54) is 36.5 Å². The summed E-state index contributed by atoms with van der Waals surface area (Å²) in [6.07, 6.45) is 0. The molecule has 0 saturated heterocycles. The van der Waals surface area contributed by atoms with Crippen molar-refractivity contribution >= 4 is 53.2 Å². The minimum atomic E-state index is 0.612. The van der Waals surface area contributed by atoms with E-state index in [0.717, 1.165) is 44.4 Å². The standard InChI is InChI=1S/C46H28N4S/c1-3-12-29(13-4-1)44-48-45(30-14-5-2-6-15-30)50-46(49-44)36-26-34(37-19-11-20-39-38-18-9-10-21-42(38)51-43(37)39)25-35(27-36)40-23-22-33-24-31-16-7-8-17-32(31)28-41(33)47-40/h1-28H. The quantitative estimate of drug-likeness (QED) is 0.171. The van der Waals surface area contributed by atoms with Crippen LogP contribution in [0.2, 0.25) is 0 Å². The second-order valence-corrected chi connectivity index (χ2v) is 13.8. The summed E-state index contributed by atoms with van der Waals surface area (Å²) >= 11 is 1.83. The first kappa shape index (κ1) is 29.4. The van der Waals surface area contributed by atoms with Gasteiger partial charge in [0.2, 0.25) is 0 Å². The summed E-state index contributed by atoms with van der Waals surface area (Å²) in [4.78, 5) is 20.4. The molecule has 0 aliphatic rings. The second-order valence-electron chi connectivity index (χ2n) is 12.7. The third kappa shape index (κ3) is 5.32. The highest BCUT2D eigenvalue weighted by Gasteiger charge is 2.17. The monoisotopic (exact) mass is 668 g/mol. The minimum absolute atomic E-state index is 0.612. The Bertz CT molecular complexity index is 2860. The highest BCUT2D eigenvalue weighted by molar-refractivity contribution is 7.26. The predicted molar refractivity (Wildman–Crippen MR) is 213 cm³/mol. The number of nitrogens with zero attached hydrogens (tertiary/aromatic N) is 4. The fourth-order valence-corrected chi connectivity index (χ4v) is 8.18. The molecule has 10 rings (SSSR count). The van der Waals surface area contributed by atoms with Crippen molar-refractivity contribution in [2.24, 2.45) is 0 Å². The summed E-state index contributed by atoms with van der Waals surface area (Å²) in [5.41, 5.74) is 7.89. The van der Waals surface area contributed by atoms with Gasteiger partial charge in [-0.25, -0.2) is 19.9 Å². The highest BCUT2D eigenvalue weighted by atomic mass is 32.1. The zero-order chi connectivity index (χ0) is 33.7. The molecule has 5 heteroatoms. The SMILES string of the molecule is c1ccc(-c2nc(-c3ccccc3)nc(-c3cc(-c4ccc5cc6ccccc6cc5n4)cc(-c4cccc5c4sc4ccccc45)c3)n2)cc1. The van der Waals surface area contributed by atoms with Crippen LogP contribution in [0.1, 0.15) is 0 Å². The van der Waals surface area contributed by atoms with E-state index in [2.05, 4.69) is 109 Å². The summed E-state index contributed by atoms with van der Waals surface area (Å²) < 4.78 is 2.53. The lowest BCUT2D eigenvalue weighted by molar-refractivity contribution is 1.07. The first-order valence-corrected chi connectivity index (χ1v) is 17.8.